The number of aromatic nitrogens is 1. The van der Waals surface area contributed by atoms with Crippen molar-refractivity contribution in [3.05, 3.63) is 88.3 Å². The van der Waals surface area contributed by atoms with E-state index in [1.165, 1.54) is 34.9 Å². The summed E-state index contributed by atoms with van der Waals surface area (Å²) in [6.07, 6.45) is 0. The molecule has 3 aromatic rings. The van der Waals surface area contributed by atoms with Crippen LogP contribution in [0.1, 0.15) is 5.69 Å². The first-order valence-electron chi connectivity index (χ1n) is 7.05. The summed E-state index contributed by atoms with van der Waals surface area (Å²) >= 11 is 0. The molecule has 0 atom stereocenters. The molecule has 0 radical (unpaired) electrons. The van der Waals surface area contributed by atoms with Gasteiger partial charge in [0.25, 0.3) is 5.56 Å². The molecule has 23 heavy (non-hydrogen) atoms. The molecule has 2 aromatic carbocycles. The fourth-order valence-electron chi connectivity index (χ4n) is 2.45. The lowest BCUT2D eigenvalue weighted by atomic mass is 10.2. The van der Waals surface area contributed by atoms with Gasteiger partial charge in [-0.15, -0.1) is 0 Å². The van der Waals surface area contributed by atoms with Gasteiger partial charge in [-0.1, -0.05) is 12.1 Å². The lowest BCUT2D eigenvalue weighted by Gasteiger charge is -2.13. The van der Waals surface area contributed by atoms with Crippen LogP contribution in [0.4, 0.5) is 20.2 Å². The van der Waals surface area contributed by atoms with Crippen LogP contribution in [0.15, 0.2) is 65.5 Å². The summed E-state index contributed by atoms with van der Waals surface area (Å²) in [7, 11) is 0. The quantitative estimate of drug-likeness (QED) is 0.787. The Hall–Kier alpha value is -2.95. The molecule has 0 bridgehead atoms. The largest absolute Gasteiger partial charge is 0.355 e. The standard InChI is InChI=1S/C18H14F2N2O/c1-12-8-16(21-15-6-2-4-13(19)9-15)11-18(23)22(12)17-7-3-5-14(20)10-17/h2-11,21H,1H3. The number of aryl methyl sites for hydroxylation is 1. The van der Waals surface area contributed by atoms with E-state index in [2.05, 4.69) is 5.32 Å². The first-order chi connectivity index (χ1) is 11.0. The van der Waals surface area contributed by atoms with Gasteiger partial charge in [0.15, 0.2) is 0 Å². The van der Waals surface area contributed by atoms with Gasteiger partial charge in [0.1, 0.15) is 11.6 Å². The minimum Gasteiger partial charge on any atom is -0.355 e. The Kier molecular flexibility index (Phi) is 3.93. The SMILES string of the molecule is Cc1cc(Nc2cccc(F)c2)cc(=O)n1-c1cccc(F)c1. The van der Waals surface area contributed by atoms with Crippen LogP contribution in [0.3, 0.4) is 0 Å². The highest BCUT2D eigenvalue weighted by atomic mass is 19.1. The molecule has 0 aliphatic rings. The maximum Gasteiger partial charge on any atom is 0.257 e. The van der Waals surface area contributed by atoms with E-state index in [0.717, 1.165) is 0 Å². The lowest BCUT2D eigenvalue weighted by molar-refractivity contribution is 0.626. The van der Waals surface area contributed by atoms with Crippen LogP contribution in [-0.2, 0) is 0 Å². The average Bonchev–Trinajstić information content (AvgIpc) is 2.46. The van der Waals surface area contributed by atoms with E-state index in [4.69, 9.17) is 0 Å². The molecule has 0 amide bonds. The Morgan fingerprint density at radius 3 is 2.22 bits per heavy atom. The van der Waals surface area contributed by atoms with Crippen LogP contribution in [0, 0.1) is 18.6 Å². The second-order valence-corrected chi connectivity index (χ2v) is 5.17. The fraction of sp³-hybridized carbons (Fsp3) is 0.0556. The second kappa shape index (κ2) is 6.04. The third-order valence-corrected chi connectivity index (χ3v) is 3.40. The van der Waals surface area contributed by atoms with E-state index >= 15 is 0 Å². The highest BCUT2D eigenvalue weighted by Gasteiger charge is 2.07. The molecule has 0 saturated carbocycles. The predicted octanol–water partition coefficient (Wildman–Crippen LogP) is 4.17. The predicted molar refractivity (Wildman–Crippen MR) is 86.4 cm³/mol. The molecule has 0 spiro atoms. The van der Waals surface area contributed by atoms with Crippen LogP contribution in [0.5, 0.6) is 0 Å². The number of hydrogen-bond acceptors (Lipinski definition) is 2. The number of halogens is 2. The van der Waals surface area contributed by atoms with Crippen molar-refractivity contribution in [1.29, 1.82) is 0 Å². The molecule has 1 heterocycles. The number of pyridine rings is 1. The van der Waals surface area contributed by atoms with Crippen molar-refractivity contribution < 1.29 is 8.78 Å². The van der Waals surface area contributed by atoms with Crippen LogP contribution in [-0.4, -0.2) is 4.57 Å². The van der Waals surface area contributed by atoms with E-state index in [1.807, 2.05) is 0 Å². The Morgan fingerprint density at radius 1 is 0.870 bits per heavy atom. The summed E-state index contributed by atoms with van der Waals surface area (Å²) in [6, 6.07) is 14.9. The molecule has 5 heteroatoms. The normalized spacial score (nSPS) is 10.6. The zero-order valence-electron chi connectivity index (χ0n) is 12.4. The molecule has 0 unspecified atom stereocenters. The van der Waals surface area contributed by atoms with Gasteiger partial charge in [-0.3, -0.25) is 9.36 Å². The summed E-state index contributed by atoms with van der Waals surface area (Å²) < 4.78 is 28.0. The van der Waals surface area contributed by atoms with Crippen LogP contribution >= 0.6 is 0 Å². The van der Waals surface area contributed by atoms with Crippen molar-refractivity contribution in [1.82, 2.24) is 4.57 Å². The molecular weight excluding hydrogens is 298 g/mol. The maximum atomic E-state index is 13.4. The molecular formula is C18H14F2N2O. The van der Waals surface area contributed by atoms with Gasteiger partial charge in [-0.2, -0.15) is 0 Å². The van der Waals surface area contributed by atoms with Crippen LogP contribution < -0.4 is 10.9 Å². The maximum absolute atomic E-state index is 13.4. The molecule has 3 rings (SSSR count). The monoisotopic (exact) mass is 312 g/mol. The Bertz CT molecular complexity index is 919. The van der Waals surface area contributed by atoms with E-state index < -0.39 is 5.82 Å². The van der Waals surface area contributed by atoms with Crippen molar-refractivity contribution in [3.8, 4) is 5.69 Å². The lowest BCUT2D eigenvalue weighted by Crippen LogP contribution is -2.20. The van der Waals surface area contributed by atoms with Gasteiger partial charge in [0, 0.05) is 23.1 Å². The molecule has 116 valence electrons. The van der Waals surface area contributed by atoms with Crippen molar-refractivity contribution in [2.24, 2.45) is 0 Å². The molecule has 0 aliphatic carbocycles. The van der Waals surface area contributed by atoms with Gasteiger partial charge in [0.2, 0.25) is 0 Å². The summed E-state index contributed by atoms with van der Waals surface area (Å²) in [6.45, 7) is 1.75. The second-order valence-electron chi connectivity index (χ2n) is 5.17. The van der Waals surface area contributed by atoms with Crippen molar-refractivity contribution in [2.75, 3.05) is 5.32 Å². The first kappa shape index (κ1) is 15.0. The Balaban J connectivity index is 1.99. The highest BCUT2D eigenvalue weighted by molar-refractivity contribution is 5.60. The summed E-state index contributed by atoms with van der Waals surface area (Å²) in [5.41, 5.74) is 1.90. The Morgan fingerprint density at radius 2 is 1.57 bits per heavy atom. The van der Waals surface area contributed by atoms with Gasteiger partial charge in [0.05, 0.1) is 5.69 Å². The van der Waals surface area contributed by atoms with E-state index in [-0.39, 0.29) is 11.4 Å². The number of nitrogens with one attached hydrogen (secondary N) is 1. The van der Waals surface area contributed by atoms with Crippen molar-refractivity contribution in [3.63, 3.8) is 0 Å². The van der Waals surface area contributed by atoms with Crippen LogP contribution in [0.25, 0.3) is 5.69 Å². The summed E-state index contributed by atoms with van der Waals surface area (Å²) in [5.74, 6) is -0.768. The minimum absolute atomic E-state index is 0.297. The van der Waals surface area contributed by atoms with E-state index in [1.54, 1.807) is 37.3 Å². The smallest absolute Gasteiger partial charge is 0.257 e. The first-order valence-corrected chi connectivity index (χ1v) is 7.05. The number of hydrogen-bond donors (Lipinski definition) is 1. The number of anilines is 2. The zero-order valence-corrected chi connectivity index (χ0v) is 12.4. The molecule has 0 saturated heterocycles. The van der Waals surface area contributed by atoms with Crippen LogP contribution in [0.2, 0.25) is 0 Å². The zero-order chi connectivity index (χ0) is 16.4. The van der Waals surface area contributed by atoms with Gasteiger partial charge >= 0.3 is 0 Å². The highest BCUT2D eigenvalue weighted by Crippen LogP contribution is 2.18. The summed E-state index contributed by atoms with van der Waals surface area (Å²) in [4.78, 5) is 12.4. The van der Waals surface area contributed by atoms with Gasteiger partial charge in [-0.05, 0) is 49.4 Å². The topological polar surface area (TPSA) is 34.0 Å². The number of benzene rings is 2. The number of rotatable bonds is 3. The molecule has 0 aliphatic heterocycles. The van der Waals surface area contributed by atoms with Crippen molar-refractivity contribution in [2.45, 2.75) is 6.92 Å². The Labute approximate surface area is 131 Å². The van der Waals surface area contributed by atoms with E-state index in [0.29, 0.717) is 22.8 Å². The van der Waals surface area contributed by atoms with Gasteiger partial charge < -0.3 is 5.32 Å². The average molecular weight is 312 g/mol. The van der Waals surface area contributed by atoms with Gasteiger partial charge in [-0.25, -0.2) is 8.78 Å². The fourth-order valence-corrected chi connectivity index (χ4v) is 2.45. The molecule has 3 nitrogen and oxygen atoms in total. The molecule has 0 fully saturated rings. The third-order valence-electron chi connectivity index (χ3n) is 3.40. The third kappa shape index (κ3) is 3.29. The molecule has 1 N–H and O–H groups in total. The van der Waals surface area contributed by atoms with E-state index in [9.17, 15) is 13.6 Å². The molecule has 1 aromatic heterocycles. The van der Waals surface area contributed by atoms with Crippen molar-refractivity contribution >= 4 is 11.4 Å². The summed E-state index contributed by atoms with van der Waals surface area (Å²) in [5, 5.41) is 2.99. The number of nitrogens with zero attached hydrogens (tertiary/aromatic N) is 1. The minimum atomic E-state index is -0.407.